The summed E-state index contributed by atoms with van der Waals surface area (Å²) in [5.74, 6) is 1.04. The van der Waals surface area contributed by atoms with Gasteiger partial charge < -0.3 is 9.30 Å². The molecular weight excluding hydrogens is 306 g/mol. The maximum absolute atomic E-state index is 12.6. The lowest BCUT2D eigenvalue weighted by Gasteiger charge is -2.06. The van der Waals surface area contributed by atoms with E-state index in [1.54, 1.807) is 13.2 Å². The van der Waals surface area contributed by atoms with E-state index < -0.39 is 0 Å². The molecule has 2 N–H and O–H groups in total. The zero-order chi connectivity index (χ0) is 17.1. The number of H-pyrrole nitrogens is 1. The van der Waals surface area contributed by atoms with Gasteiger partial charge in [0.2, 0.25) is 5.95 Å². The van der Waals surface area contributed by atoms with Gasteiger partial charge in [-0.2, -0.15) is 4.98 Å². The van der Waals surface area contributed by atoms with Crippen LogP contribution in [-0.2, 0) is 11.3 Å². The summed E-state index contributed by atoms with van der Waals surface area (Å²) in [4.78, 5) is 16.9. The first kappa shape index (κ1) is 16.2. The van der Waals surface area contributed by atoms with Gasteiger partial charge in [-0.3, -0.25) is 15.2 Å². The first-order valence-electron chi connectivity index (χ1n) is 7.90. The number of anilines is 1. The fourth-order valence-corrected chi connectivity index (χ4v) is 2.56. The lowest BCUT2D eigenvalue weighted by molar-refractivity contribution is 0.102. The first-order valence-corrected chi connectivity index (χ1v) is 7.90. The van der Waals surface area contributed by atoms with Crippen LogP contribution >= 0.6 is 0 Å². The van der Waals surface area contributed by atoms with Crippen molar-refractivity contribution in [3.8, 4) is 0 Å². The van der Waals surface area contributed by atoms with E-state index in [0.717, 1.165) is 23.3 Å². The van der Waals surface area contributed by atoms with Crippen LogP contribution in [0.1, 0.15) is 35.9 Å². The molecule has 2 aromatic heterocycles. The molecule has 0 unspecified atom stereocenters. The summed E-state index contributed by atoms with van der Waals surface area (Å²) in [6.07, 6.45) is 1.96. The number of hydrogen-bond donors (Lipinski definition) is 2. The Bertz CT molecular complexity index is 850. The minimum atomic E-state index is -0.223. The number of amides is 1. The van der Waals surface area contributed by atoms with Crippen LogP contribution in [0.4, 0.5) is 5.95 Å². The van der Waals surface area contributed by atoms with Gasteiger partial charge in [0.05, 0.1) is 6.61 Å². The first-order chi connectivity index (χ1) is 11.6. The molecule has 126 valence electrons. The maximum atomic E-state index is 12.6. The van der Waals surface area contributed by atoms with Gasteiger partial charge in [-0.25, -0.2) is 0 Å². The van der Waals surface area contributed by atoms with Crippen LogP contribution in [0.25, 0.3) is 10.9 Å². The van der Waals surface area contributed by atoms with Crippen molar-refractivity contribution in [3.63, 3.8) is 0 Å². The highest BCUT2D eigenvalue weighted by atomic mass is 16.5. The van der Waals surface area contributed by atoms with E-state index in [0.29, 0.717) is 18.1 Å². The number of rotatable bonds is 6. The van der Waals surface area contributed by atoms with E-state index in [1.807, 2.05) is 38.2 Å². The minimum absolute atomic E-state index is 0.223. The number of fused-ring (bicyclic) bond motifs is 1. The van der Waals surface area contributed by atoms with E-state index >= 15 is 0 Å². The molecule has 24 heavy (non-hydrogen) atoms. The normalized spacial score (nSPS) is 11.3. The molecule has 0 aliphatic rings. The third-order valence-corrected chi connectivity index (χ3v) is 3.87. The number of carbonyl (C=O) groups excluding carboxylic acids is 1. The average molecular weight is 327 g/mol. The molecule has 0 spiro atoms. The molecule has 7 nitrogen and oxygen atoms in total. The molecule has 0 saturated heterocycles. The molecule has 2 heterocycles. The van der Waals surface area contributed by atoms with E-state index in [-0.39, 0.29) is 11.8 Å². The number of ether oxygens (including phenoxy) is 1. The monoisotopic (exact) mass is 327 g/mol. The van der Waals surface area contributed by atoms with Gasteiger partial charge >= 0.3 is 0 Å². The lowest BCUT2D eigenvalue weighted by Crippen LogP contribution is -2.13. The fourth-order valence-electron chi connectivity index (χ4n) is 2.56. The van der Waals surface area contributed by atoms with Crippen molar-refractivity contribution in [1.82, 2.24) is 19.7 Å². The molecule has 0 fully saturated rings. The number of benzene rings is 1. The summed E-state index contributed by atoms with van der Waals surface area (Å²) in [7, 11) is 1.67. The van der Waals surface area contributed by atoms with Gasteiger partial charge in [-0.1, -0.05) is 19.9 Å². The van der Waals surface area contributed by atoms with Crippen molar-refractivity contribution in [1.29, 1.82) is 0 Å². The van der Waals surface area contributed by atoms with Crippen molar-refractivity contribution in [2.45, 2.75) is 26.3 Å². The molecular formula is C17H21N5O2. The predicted molar refractivity (Wildman–Crippen MR) is 92.2 cm³/mol. The minimum Gasteiger partial charge on any atom is -0.383 e. The molecule has 1 amide bonds. The van der Waals surface area contributed by atoms with Crippen molar-refractivity contribution >= 4 is 22.8 Å². The van der Waals surface area contributed by atoms with Gasteiger partial charge in [0.15, 0.2) is 0 Å². The van der Waals surface area contributed by atoms with Crippen LogP contribution in [-0.4, -0.2) is 39.4 Å². The third kappa shape index (κ3) is 3.16. The number of carbonyl (C=O) groups is 1. The van der Waals surface area contributed by atoms with Crippen LogP contribution in [0.5, 0.6) is 0 Å². The Labute approximate surface area is 140 Å². The second kappa shape index (κ2) is 6.84. The third-order valence-electron chi connectivity index (χ3n) is 3.87. The SMILES string of the molecule is COCCn1ccc2c(C(=O)Nc3n[nH]c(C(C)C)n3)cccc21. The highest BCUT2D eigenvalue weighted by molar-refractivity contribution is 6.12. The van der Waals surface area contributed by atoms with Crippen molar-refractivity contribution in [2.24, 2.45) is 0 Å². The lowest BCUT2D eigenvalue weighted by atomic mass is 10.1. The molecule has 0 bridgehead atoms. The number of nitrogens with zero attached hydrogens (tertiary/aromatic N) is 3. The zero-order valence-corrected chi connectivity index (χ0v) is 14.0. The summed E-state index contributed by atoms with van der Waals surface area (Å²) in [5.41, 5.74) is 1.59. The average Bonchev–Trinajstić information content (AvgIpc) is 3.19. The highest BCUT2D eigenvalue weighted by Crippen LogP contribution is 2.21. The summed E-state index contributed by atoms with van der Waals surface area (Å²) < 4.78 is 7.19. The molecule has 3 aromatic rings. The quantitative estimate of drug-likeness (QED) is 0.729. The Morgan fingerprint density at radius 2 is 2.21 bits per heavy atom. The van der Waals surface area contributed by atoms with Crippen molar-refractivity contribution in [3.05, 3.63) is 41.9 Å². The highest BCUT2D eigenvalue weighted by Gasteiger charge is 2.15. The fraction of sp³-hybridized carbons (Fsp3) is 0.353. The number of nitrogens with one attached hydrogen (secondary N) is 2. The zero-order valence-electron chi connectivity index (χ0n) is 14.0. The van der Waals surface area contributed by atoms with Gasteiger partial charge in [0, 0.05) is 42.2 Å². The van der Waals surface area contributed by atoms with Crippen LogP contribution in [0.3, 0.4) is 0 Å². The number of aromatic amines is 1. The molecule has 0 radical (unpaired) electrons. The summed E-state index contributed by atoms with van der Waals surface area (Å²) >= 11 is 0. The smallest absolute Gasteiger partial charge is 0.258 e. The summed E-state index contributed by atoms with van der Waals surface area (Å²) in [6, 6.07) is 7.61. The van der Waals surface area contributed by atoms with E-state index in [4.69, 9.17) is 4.74 Å². The number of hydrogen-bond acceptors (Lipinski definition) is 4. The van der Waals surface area contributed by atoms with Gasteiger partial charge in [-0.05, 0) is 18.2 Å². The van der Waals surface area contributed by atoms with Crippen molar-refractivity contribution < 1.29 is 9.53 Å². The summed E-state index contributed by atoms with van der Waals surface area (Å²) in [6.45, 7) is 5.38. The van der Waals surface area contributed by atoms with Gasteiger partial charge in [0.1, 0.15) is 5.82 Å². The molecule has 0 aliphatic carbocycles. The number of aromatic nitrogens is 4. The van der Waals surface area contributed by atoms with Gasteiger partial charge in [0.25, 0.3) is 5.91 Å². The molecule has 0 saturated carbocycles. The van der Waals surface area contributed by atoms with Crippen LogP contribution in [0.15, 0.2) is 30.5 Å². The Morgan fingerprint density at radius 1 is 1.38 bits per heavy atom. The summed E-state index contributed by atoms with van der Waals surface area (Å²) in [5, 5.41) is 10.5. The number of methoxy groups -OCH3 is 1. The van der Waals surface area contributed by atoms with Gasteiger partial charge in [-0.15, -0.1) is 5.10 Å². The maximum Gasteiger partial charge on any atom is 0.258 e. The molecule has 0 aliphatic heterocycles. The van der Waals surface area contributed by atoms with Crippen molar-refractivity contribution in [2.75, 3.05) is 19.0 Å². The standard InChI is InChI=1S/C17H21N5O2/c1-11(2)15-18-17(21-20-15)19-16(23)13-5-4-6-14-12(13)7-8-22(14)9-10-24-3/h4-8,11H,9-10H2,1-3H3,(H2,18,19,20,21,23). The Balaban J connectivity index is 1.85. The molecule has 7 heteroatoms. The Hall–Kier alpha value is -2.67. The van der Waals surface area contributed by atoms with Crippen LogP contribution in [0, 0.1) is 0 Å². The van der Waals surface area contributed by atoms with E-state index in [2.05, 4.69) is 25.1 Å². The predicted octanol–water partition coefficient (Wildman–Crippen LogP) is 2.78. The Morgan fingerprint density at radius 3 is 2.92 bits per heavy atom. The topological polar surface area (TPSA) is 84.8 Å². The second-order valence-electron chi connectivity index (χ2n) is 5.89. The molecule has 1 aromatic carbocycles. The molecule has 0 atom stereocenters. The largest absolute Gasteiger partial charge is 0.383 e. The second-order valence-corrected chi connectivity index (χ2v) is 5.89. The van der Waals surface area contributed by atoms with Crippen LogP contribution < -0.4 is 5.32 Å². The Kier molecular flexibility index (Phi) is 4.61. The van der Waals surface area contributed by atoms with E-state index in [1.165, 1.54) is 0 Å². The molecule has 3 rings (SSSR count). The van der Waals surface area contributed by atoms with E-state index in [9.17, 15) is 4.79 Å². The van der Waals surface area contributed by atoms with Crippen LogP contribution in [0.2, 0.25) is 0 Å².